The molecule has 5 rings (SSSR count). The zero-order chi connectivity index (χ0) is 23.9. The van der Waals surface area contributed by atoms with Gasteiger partial charge in [-0.3, -0.25) is 14.6 Å². The summed E-state index contributed by atoms with van der Waals surface area (Å²) in [5.74, 6) is -0.507. The van der Waals surface area contributed by atoms with Crippen LogP contribution in [0.25, 0.3) is 28.1 Å². The van der Waals surface area contributed by atoms with E-state index in [1.807, 2.05) is 0 Å². The fourth-order valence-electron chi connectivity index (χ4n) is 3.86. The van der Waals surface area contributed by atoms with E-state index in [0.29, 0.717) is 22.3 Å². The number of amides is 1. The summed E-state index contributed by atoms with van der Waals surface area (Å²) in [7, 11) is 0. The molecular weight excluding hydrogens is 447 g/mol. The van der Waals surface area contributed by atoms with Crippen molar-refractivity contribution >= 4 is 28.4 Å². The molecule has 7 nitrogen and oxygen atoms in total. The SMILES string of the molecule is O=C(Cn1c2ccccc2n2c(=O)cc(-c3cccnc3)nc12)Nc1ccccc1C(F)(F)F. The summed E-state index contributed by atoms with van der Waals surface area (Å²) < 4.78 is 42.9. The molecule has 170 valence electrons. The molecule has 0 saturated carbocycles. The Bertz CT molecular complexity index is 1590. The van der Waals surface area contributed by atoms with Gasteiger partial charge < -0.3 is 9.88 Å². The number of benzene rings is 2. The van der Waals surface area contributed by atoms with Gasteiger partial charge in [0.25, 0.3) is 5.56 Å². The predicted octanol–water partition coefficient (Wildman–Crippen LogP) is 4.37. The van der Waals surface area contributed by atoms with Crippen molar-refractivity contribution < 1.29 is 18.0 Å². The lowest BCUT2D eigenvalue weighted by Gasteiger charge is -2.14. The summed E-state index contributed by atoms with van der Waals surface area (Å²) in [6.45, 7) is -0.355. The van der Waals surface area contributed by atoms with Crippen LogP contribution in [0.15, 0.2) is 83.9 Å². The summed E-state index contributed by atoms with van der Waals surface area (Å²) in [5.41, 5.74) is 0.390. The van der Waals surface area contributed by atoms with Crippen LogP contribution in [-0.2, 0) is 17.5 Å². The number of anilines is 1. The van der Waals surface area contributed by atoms with Gasteiger partial charge in [0.1, 0.15) is 6.54 Å². The average Bonchev–Trinajstić information content (AvgIpc) is 3.13. The number of halogens is 3. The molecule has 34 heavy (non-hydrogen) atoms. The molecule has 2 aromatic carbocycles. The van der Waals surface area contributed by atoms with Gasteiger partial charge in [0, 0.05) is 24.0 Å². The first-order valence-electron chi connectivity index (χ1n) is 10.2. The van der Waals surface area contributed by atoms with Crippen molar-refractivity contribution in [2.45, 2.75) is 12.7 Å². The van der Waals surface area contributed by atoms with Gasteiger partial charge in [-0.15, -0.1) is 0 Å². The first kappa shape index (κ1) is 21.4. The van der Waals surface area contributed by atoms with Crippen molar-refractivity contribution in [3.8, 4) is 11.3 Å². The molecule has 1 N–H and O–H groups in total. The van der Waals surface area contributed by atoms with Crippen molar-refractivity contribution in [2.24, 2.45) is 0 Å². The highest BCUT2D eigenvalue weighted by atomic mass is 19.4. The van der Waals surface area contributed by atoms with E-state index >= 15 is 0 Å². The van der Waals surface area contributed by atoms with E-state index in [-0.39, 0.29) is 23.6 Å². The van der Waals surface area contributed by atoms with E-state index in [2.05, 4.69) is 15.3 Å². The third-order valence-corrected chi connectivity index (χ3v) is 5.32. The molecule has 0 radical (unpaired) electrons. The maximum absolute atomic E-state index is 13.3. The second kappa shape index (κ2) is 8.14. The van der Waals surface area contributed by atoms with E-state index < -0.39 is 17.6 Å². The molecule has 0 fully saturated rings. The third kappa shape index (κ3) is 3.79. The first-order chi connectivity index (χ1) is 16.3. The van der Waals surface area contributed by atoms with Gasteiger partial charge in [0.2, 0.25) is 11.7 Å². The molecular formula is C24H16F3N5O2. The Morgan fingerprint density at radius 3 is 2.44 bits per heavy atom. The van der Waals surface area contributed by atoms with Crippen molar-refractivity contribution in [3.63, 3.8) is 0 Å². The van der Waals surface area contributed by atoms with E-state index in [0.717, 1.165) is 6.07 Å². The van der Waals surface area contributed by atoms with Gasteiger partial charge in [0.15, 0.2) is 0 Å². The maximum atomic E-state index is 13.3. The highest BCUT2D eigenvalue weighted by Crippen LogP contribution is 2.34. The molecule has 0 unspecified atom stereocenters. The summed E-state index contributed by atoms with van der Waals surface area (Å²) >= 11 is 0. The molecule has 3 aromatic heterocycles. The Kier molecular flexibility index (Phi) is 5.12. The summed E-state index contributed by atoms with van der Waals surface area (Å²) in [6.07, 6.45) is -1.47. The Morgan fingerprint density at radius 2 is 1.71 bits per heavy atom. The number of pyridine rings is 1. The highest BCUT2D eigenvalue weighted by molar-refractivity contribution is 5.93. The van der Waals surface area contributed by atoms with Crippen molar-refractivity contribution in [3.05, 3.63) is 95.0 Å². The molecule has 0 spiro atoms. The minimum atomic E-state index is -4.62. The van der Waals surface area contributed by atoms with E-state index in [1.165, 1.54) is 33.2 Å². The topological polar surface area (TPSA) is 81.3 Å². The van der Waals surface area contributed by atoms with E-state index in [4.69, 9.17) is 0 Å². The lowest BCUT2D eigenvalue weighted by molar-refractivity contribution is -0.137. The number of rotatable bonds is 4. The number of hydrogen-bond acceptors (Lipinski definition) is 4. The van der Waals surface area contributed by atoms with Gasteiger partial charge in [0.05, 0.1) is 28.0 Å². The summed E-state index contributed by atoms with van der Waals surface area (Å²) in [6, 6.07) is 16.5. The lowest BCUT2D eigenvalue weighted by atomic mass is 10.1. The standard InChI is InChI=1S/C24H16F3N5O2/c25-24(26,27)16-7-1-2-8-17(16)29-21(33)14-31-19-9-3-4-10-20(19)32-22(34)12-18(30-23(31)32)15-6-5-11-28-13-15/h1-13H,14H2,(H,29,33). The van der Waals surface area contributed by atoms with E-state index in [9.17, 15) is 22.8 Å². The summed E-state index contributed by atoms with van der Waals surface area (Å²) in [4.78, 5) is 34.5. The summed E-state index contributed by atoms with van der Waals surface area (Å²) in [5, 5.41) is 2.34. The van der Waals surface area contributed by atoms with Crippen LogP contribution >= 0.6 is 0 Å². The third-order valence-electron chi connectivity index (χ3n) is 5.32. The number of nitrogens with one attached hydrogen (secondary N) is 1. The number of fused-ring (bicyclic) bond motifs is 3. The number of hydrogen-bond donors (Lipinski definition) is 1. The van der Waals surface area contributed by atoms with Crippen LogP contribution < -0.4 is 10.9 Å². The zero-order valence-electron chi connectivity index (χ0n) is 17.5. The molecule has 0 bridgehead atoms. The number of nitrogens with zero attached hydrogens (tertiary/aromatic N) is 4. The second-order valence-electron chi connectivity index (χ2n) is 7.52. The predicted molar refractivity (Wildman–Crippen MR) is 120 cm³/mol. The zero-order valence-corrected chi connectivity index (χ0v) is 17.5. The number of para-hydroxylation sites is 3. The van der Waals surface area contributed by atoms with Crippen LogP contribution in [0.4, 0.5) is 18.9 Å². The molecule has 3 heterocycles. The Morgan fingerprint density at radius 1 is 0.971 bits per heavy atom. The van der Waals surface area contributed by atoms with Crippen LogP contribution in [0.1, 0.15) is 5.56 Å². The maximum Gasteiger partial charge on any atom is 0.418 e. The molecule has 10 heteroatoms. The Hall–Kier alpha value is -4.47. The Labute approximate surface area is 190 Å². The molecule has 5 aromatic rings. The van der Waals surface area contributed by atoms with Crippen LogP contribution in [0.2, 0.25) is 0 Å². The smallest absolute Gasteiger partial charge is 0.324 e. The molecule has 0 aliphatic heterocycles. The molecule has 0 aliphatic carbocycles. The lowest BCUT2D eigenvalue weighted by Crippen LogP contribution is -2.22. The quantitative estimate of drug-likeness (QED) is 0.429. The monoisotopic (exact) mass is 463 g/mol. The number of alkyl halides is 3. The molecule has 1 amide bonds. The molecule has 0 atom stereocenters. The van der Waals surface area contributed by atoms with Crippen LogP contribution in [0, 0.1) is 0 Å². The van der Waals surface area contributed by atoms with Crippen LogP contribution in [-0.4, -0.2) is 24.8 Å². The number of carbonyl (C=O) groups excluding carboxylic acids is 1. The fourth-order valence-corrected chi connectivity index (χ4v) is 3.86. The highest BCUT2D eigenvalue weighted by Gasteiger charge is 2.33. The van der Waals surface area contributed by atoms with Gasteiger partial charge in [-0.2, -0.15) is 13.2 Å². The van der Waals surface area contributed by atoms with Gasteiger partial charge >= 0.3 is 6.18 Å². The first-order valence-corrected chi connectivity index (χ1v) is 10.2. The van der Waals surface area contributed by atoms with Crippen molar-refractivity contribution in [2.75, 3.05) is 5.32 Å². The van der Waals surface area contributed by atoms with Crippen molar-refractivity contribution in [1.82, 2.24) is 18.9 Å². The largest absolute Gasteiger partial charge is 0.418 e. The fraction of sp³-hybridized carbons (Fsp3) is 0.0833. The van der Waals surface area contributed by atoms with Gasteiger partial charge in [-0.25, -0.2) is 9.38 Å². The minimum Gasteiger partial charge on any atom is -0.324 e. The van der Waals surface area contributed by atoms with Gasteiger partial charge in [-0.05, 0) is 36.4 Å². The second-order valence-corrected chi connectivity index (χ2v) is 7.52. The number of imidazole rings is 1. The van der Waals surface area contributed by atoms with Crippen molar-refractivity contribution in [1.29, 1.82) is 0 Å². The average molecular weight is 463 g/mol. The van der Waals surface area contributed by atoms with Crippen LogP contribution in [0.5, 0.6) is 0 Å². The molecule has 0 aliphatic rings. The number of aromatic nitrogens is 4. The normalized spacial score (nSPS) is 11.7. The minimum absolute atomic E-state index is 0.187. The molecule has 0 saturated heterocycles. The number of carbonyl (C=O) groups is 1. The van der Waals surface area contributed by atoms with Gasteiger partial charge in [-0.1, -0.05) is 24.3 Å². The van der Waals surface area contributed by atoms with Crippen LogP contribution in [0.3, 0.4) is 0 Å². The van der Waals surface area contributed by atoms with E-state index in [1.54, 1.807) is 48.8 Å². The Balaban J connectivity index is 1.61.